The molecular formula is C18H15ClN4O4S. The van der Waals surface area contributed by atoms with E-state index in [0.717, 1.165) is 11.3 Å². The molecule has 1 fully saturated rings. The number of hydrogen-bond acceptors (Lipinski definition) is 7. The first-order chi connectivity index (χ1) is 13.6. The summed E-state index contributed by atoms with van der Waals surface area (Å²) in [5, 5.41) is 6.65. The number of morpholine rings is 1. The van der Waals surface area contributed by atoms with Gasteiger partial charge in [0.25, 0.3) is 11.8 Å². The Hall–Kier alpha value is -2.75. The number of nitrogens with zero attached hydrogens (tertiary/aromatic N) is 3. The van der Waals surface area contributed by atoms with E-state index < -0.39 is 0 Å². The third-order valence-electron chi connectivity index (χ3n) is 4.09. The van der Waals surface area contributed by atoms with Crippen molar-refractivity contribution in [2.24, 2.45) is 0 Å². The third kappa shape index (κ3) is 4.06. The molecule has 0 spiro atoms. The van der Waals surface area contributed by atoms with Crippen molar-refractivity contribution in [3.8, 4) is 11.4 Å². The number of hydrogen-bond donors (Lipinski definition) is 1. The lowest BCUT2D eigenvalue weighted by Gasteiger charge is -2.26. The van der Waals surface area contributed by atoms with Crippen LogP contribution in [0, 0.1) is 0 Å². The molecule has 10 heteroatoms. The van der Waals surface area contributed by atoms with E-state index in [1.54, 1.807) is 17.0 Å². The molecule has 144 valence electrons. The van der Waals surface area contributed by atoms with Crippen LogP contribution in [0.3, 0.4) is 0 Å². The van der Waals surface area contributed by atoms with E-state index in [-0.39, 0.29) is 25.0 Å². The number of carbonyl (C=O) groups is 2. The van der Waals surface area contributed by atoms with Crippen molar-refractivity contribution in [3.05, 3.63) is 51.5 Å². The molecule has 1 aliphatic rings. The molecule has 1 saturated heterocycles. The summed E-state index contributed by atoms with van der Waals surface area (Å²) in [6, 6.07) is 10.6. The van der Waals surface area contributed by atoms with E-state index >= 15 is 0 Å². The highest BCUT2D eigenvalue weighted by Crippen LogP contribution is 2.23. The Bertz CT molecular complexity index is 1000. The zero-order valence-corrected chi connectivity index (χ0v) is 16.1. The first kappa shape index (κ1) is 18.6. The molecule has 1 aliphatic heterocycles. The first-order valence-corrected chi connectivity index (χ1v) is 9.64. The molecule has 0 radical (unpaired) electrons. The molecule has 2 amide bonds. The van der Waals surface area contributed by atoms with Crippen LogP contribution in [0.5, 0.6) is 0 Å². The molecule has 0 unspecified atom stereocenters. The number of aromatic nitrogens is 2. The maximum Gasteiger partial charge on any atom is 0.261 e. The minimum atomic E-state index is -0.254. The average Bonchev–Trinajstić information content (AvgIpc) is 3.36. The van der Waals surface area contributed by atoms with Gasteiger partial charge in [-0.05, 0) is 36.4 Å². The number of halogens is 1. The Morgan fingerprint density at radius 3 is 2.79 bits per heavy atom. The zero-order valence-electron chi connectivity index (χ0n) is 14.6. The molecule has 28 heavy (non-hydrogen) atoms. The lowest BCUT2D eigenvalue weighted by Crippen LogP contribution is -2.41. The van der Waals surface area contributed by atoms with E-state index in [1.807, 2.05) is 24.3 Å². The Labute approximate surface area is 169 Å². The summed E-state index contributed by atoms with van der Waals surface area (Å²) in [6.45, 7) is 1.26. The number of carbonyl (C=O) groups excluding carboxylic acids is 2. The number of nitrogens with one attached hydrogen (secondary N) is 1. The van der Waals surface area contributed by atoms with Gasteiger partial charge in [0.2, 0.25) is 11.7 Å². The fourth-order valence-electron chi connectivity index (χ4n) is 2.70. The summed E-state index contributed by atoms with van der Waals surface area (Å²) >= 11 is 7.03. The number of rotatable bonds is 5. The van der Waals surface area contributed by atoms with Gasteiger partial charge in [0, 0.05) is 17.8 Å². The highest BCUT2D eigenvalue weighted by Gasteiger charge is 2.20. The van der Waals surface area contributed by atoms with Crippen molar-refractivity contribution < 1.29 is 18.8 Å². The minimum absolute atomic E-state index is 0.0661. The van der Waals surface area contributed by atoms with E-state index in [1.165, 1.54) is 11.3 Å². The van der Waals surface area contributed by atoms with Crippen molar-refractivity contribution in [2.75, 3.05) is 24.7 Å². The highest BCUT2D eigenvalue weighted by atomic mass is 35.5. The second kappa shape index (κ2) is 8.09. The third-order valence-corrected chi connectivity index (χ3v) is 5.32. The Morgan fingerprint density at radius 1 is 1.25 bits per heavy atom. The molecule has 4 rings (SSSR count). The summed E-state index contributed by atoms with van der Waals surface area (Å²) in [5.41, 5.74) is 1.54. The predicted octanol–water partition coefficient (Wildman–Crippen LogP) is 2.74. The van der Waals surface area contributed by atoms with Crippen LogP contribution in [0.1, 0.15) is 15.6 Å². The van der Waals surface area contributed by atoms with Crippen LogP contribution in [0.25, 0.3) is 11.4 Å². The Balaban J connectivity index is 1.39. The molecule has 3 heterocycles. The zero-order chi connectivity index (χ0) is 19.5. The normalized spacial score (nSPS) is 14.3. The minimum Gasteiger partial charge on any atom is -0.370 e. The van der Waals surface area contributed by atoms with Crippen molar-refractivity contribution in [1.82, 2.24) is 15.5 Å². The standard InChI is InChI=1S/C18H15ClN4O4S/c19-14-6-5-13(28-14)18(25)20-9-15-21-17(22-27-15)11-1-3-12(4-2-11)23-7-8-26-10-16(23)24/h1-6H,7-10H2,(H,20,25). The molecule has 0 atom stereocenters. The van der Waals surface area contributed by atoms with Crippen LogP contribution >= 0.6 is 22.9 Å². The van der Waals surface area contributed by atoms with E-state index in [4.69, 9.17) is 20.9 Å². The molecule has 0 aliphatic carbocycles. The quantitative estimate of drug-likeness (QED) is 0.684. The van der Waals surface area contributed by atoms with Gasteiger partial charge in [-0.3, -0.25) is 9.59 Å². The number of thiophene rings is 1. The van der Waals surface area contributed by atoms with Gasteiger partial charge in [-0.1, -0.05) is 16.8 Å². The van der Waals surface area contributed by atoms with Gasteiger partial charge >= 0.3 is 0 Å². The van der Waals surface area contributed by atoms with Gasteiger partial charge in [0.1, 0.15) is 6.61 Å². The van der Waals surface area contributed by atoms with Crippen LogP contribution in [0.4, 0.5) is 5.69 Å². The van der Waals surface area contributed by atoms with Crippen molar-refractivity contribution in [1.29, 1.82) is 0 Å². The van der Waals surface area contributed by atoms with Gasteiger partial charge in [-0.2, -0.15) is 4.98 Å². The molecule has 8 nitrogen and oxygen atoms in total. The molecule has 2 aromatic heterocycles. The number of ether oxygens (including phenoxy) is 1. The number of amides is 2. The van der Waals surface area contributed by atoms with Gasteiger partial charge in [0.05, 0.1) is 22.4 Å². The predicted molar refractivity (Wildman–Crippen MR) is 103 cm³/mol. The topological polar surface area (TPSA) is 97.6 Å². The Morgan fingerprint density at radius 2 is 2.07 bits per heavy atom. The van der Waals surface area contributed by atoms with Crippen LogP contribution in [0.15, 0.2) is 40.9 Å². The lowest BCUT2D eigenvalue weighted by atomic mass is 10.2. The molecule has 1 aromatic carbocycles. The monoisotopic (exact) mass is 418 g/mol. The highest BCUT2D eigenvalue weighted by molar-refractivity contribution is 7.17. The van der Waals surface area contributed by atoms with Crippen LogP contribution in [-0.2, 0) is 16.1 Å². The van der Waals surface area contributed by atoms with E-state index in [9.17, 15) is 9.59 Å². The molecule has 3 aromatic rings. The van der Waals surface area contributed by atoms with Gasteiger partial charge < -0.3 is 19.5 Å². The molecule has 0 bridgehead atoms. The summed E-state index contributed by atoms with van der Waals surface area (Å²) in [7, 11) is 0. The maximum atomic E-state index is 12.0. The summed E-state index contributed by atoms with van der Waals surface area (Å²) in [4.78, 5) is 30.4. The van der Waals surface area contributed by atoms with Crippen LogP contribution in [0.2, 0.25) is 4.34 Å². The SMILES string of the molecule is O=C(NCc1nc(-c2ccc(N3CCOCC3=O)cc2)no1)c1ccc(Cl)s1. The largest absolute Gasteiger partial charge is 0.370 e. The summed E-state index contributed by atoms with van der Waals surface area (Å²) in [6.07, 6.45) is 0. The lowest BCUT2D eigenvalue weighted by molar-refractivity contribution is -0.125. The second-order valence-electron chi connectivity index (χ2n) is 5.94. The van der Waals surface area contributed by atoms with Crippen LogP contribution in [-0.4, -0.2) is 41.7 Å². The first-order valence-electron chi connectivity index (χ1n) is 8.45. The molecule has 1 N–H and O–H groups in total. The van der Waals surface area contributed by atoms with Gasteiger partial charge in [0.15, 0.2) is 0 Å². The fourth-order valence-corrected chi connectivity index (χ4v) is 3.66. The number of anilines is 1. The van der Waals surface area contributed by atoms with Crippen LogP contribution < -0.4 is 10.2 Å². The average molecular weight is 419 g/mol. The van der Waals surface area contributed by atoms with Gasteiger partial charge in [-0.15, -0.1) is 11.3 Å². The fraction of sp³-hybridized carbons (Fsp3) is 0.222. The van der Waals surface area contributed by atoms with Gasteiger partial charge in [-0.25, -0.2) is 0 Å². The van der Waals surface area contributed by atoms with Crippen molar-refractivity contribution in [2.45, 2.75) is 6.54 Å². The number of benzene rings is 1. The maximum absolute atomic E-state index is 12.0. The molecular weight excluding hydrogens is 404 g/mol. The van der Waals surface area contributed by atoms with Crippen molar-refractivity contribution in [3.63, 3.8) is 0 Å². The van der Waals surface area contributed by atoms with Crippen molar-refractivity contribution >= 4 is 40.4 Å². The summed E-state index contributed by atoms with van der Waals surface area (Å²) in [5.74, 6) is 0.376. The smallest absolute Gasteiger partial charge is 0.261 e. The Kier molecular flexibility index (Phi) is 5.38. The van der Waals surface area contributed by atoms with E-state index in [2.05, 4.69) is 15.5 Å². The molecule has 0 saturated carbocycles. The summed E-state index contributed by atoms with van der Waals surface area (Å²) < 4.78 is 10.9. The second-order valence-corrected chi connectivity index (χ2v) is 7.66. The van der Waals surface area contributed by atoms with E-state index in [0.29, 0.717) is 34.1 Å².